The molecule has 0 fully saturated rings. The standard InChI is InChI=1S/C15H13F2N3OS/c1-3-6-18-22-11-8-14(20(2)9-11)15(21)19-10-4-5-12(16)13(17)7-10/h1,4-5,7-9,18H,6H2,2H3,(H,19,21). The third kappa shape index (κ3) is 3.87. The largest absolute Gasteiger partial charge is 0.345 e. The second-order valence-corrected chi connectivity index (χ2v) is 5.35. The van der Waals surface area contributed by atoms with E-state index in [1.165, 1.54) is 18.0 Å². The van der Waals surface area contributed by atoms with Crippen molar-refractivity contribution in [2.75, 3.05) is 11.9 Å². The highest BCUT2D eigenvalue weighted by Gasteiger charge is 2.13. The molecule has 0 saturated carbocycles. The number of carbonyl (C=O) groups is 1. The Morgan fingerprint density at radius 2 is 2.14 bits per heavy atom. The van der Waals surface area contributed by atoms with Crippen molar-refractivity contribution < 1.29 is 13.6 Å². The molecule has 2 rings (SSSR count). The Kier molecular flexibility index (Phi) is 5.20. The van der Waals surface area contributed by atoms with Crippen molar-refractivity contribution in [3.05, 3.63) is 47.8 Å². The first-order valence-electron chi connectivity index (χ1n) is 6.27. The summed E-state index contributed by atoms with van der Waals surface area (Å²) in [4.78, 5) is 13.0. The summed E-state index contributed by atoms with van der Waals surface area (Å²) < 4.78 is 30.6. The van der Waals surface area contributed by atoms with E-state index in [0.29, 0.717) is 12.2 Å². The molecule has 1 aromatic carbocycles. The van der Waals surface area contributed by atoms with E-state index >= 15 is 0 Å². The van der Waals surface area contributed by atoms with Crippen LogP contribution in [-0.2, 0) is 7.05 Å². The summed E-state index contributed by atoms with van der Waals surface area (Å²) in [6.07, 6.45) is 6.89. The van der Waals surface area contributed by atoms with E-state index in [-0.39, 0.29) is 5.69 Å². The number of carbonyl (C=O) groups excluding carboxylic acids is 1. The van der Waals surface area contributed by atoms with Gasteiger partial charge >= 0.3 is 0 Å². The Bertz CT molecular complexity index is 737. The fourth-order valence-corrected chi connectivity index (χ4v) is 2.45. The molecule has 0 aliphatic rings. The second-order valence-electron chi connectivity index (χ2n) is 4.38. The molecule has 0 aliphatic heterocycles. The first-order chi connectivity index (χ1) is 10.5. The fraction of sp³-hybridized carbons (Fsp3) is 0.133. The van der Waals surface area contributed by atoms with Gasteiger partial charge in [-0.05, 0) is 30.1 Å². The van der Waals surface area contributed by atoms with Gasteiger partial charge in [-0.2, -0.15) is 0 Å². The van der Waals surface area contributed by atoms with Crippen molar-refractivity contribution >= 4 is 23.5 Å². The molecular formula is C15H13F2N3OS. The maximum absolute atomic E-state index is 13.1. The van der Waals surface area contributed by atoms with Crippen LogP contribution in [0.15, 0.2) is 35.4 Å². The highest BCUT2D eigenvalue weighted by molar-refractivity contribution is 7.97. The fourth-order valence-electron chi connectivity index (χ4n) is 1.75. The van der Waals surface area contributed by atoms with Gasteiger partial charge in [-0.1, -0.05) is 5.92 Å². The van der Waals surface area contributed by atoms with E-state index in [4.69, 9.17) is 6.42 Å². The number of benzene rings is 1. The van der Waals surface area contributed by atoms with Gasteiger partial charge in [0, 0.05) is 29.9 Å². The van der Waals surface area contributed by atoms with Crippen LogP contribution in [0.4, 0.5) is 14.5 Å². The number of amides is 1. The average molecular weight is 321 g/mol. The summed E-state index contributed by atoms with van der Waals surface area (Å²) in [6, 6.07) is 4.86. The summed E-state index contributed by atoms with van der Waals surface area (Å²) in [5.41, 5.74) is 0.569. The predicted octanol–water partition coefficient (Wildman–Crippen LogP) is 2.79. The molecule has 1 aromatic heterocycles. The molecule has 4 nitrogen and oxygen atoms in total. The molecule has 0 aliphatic carbocycles. The number of aromatic nitrogens is 1. The smallest absolute Gasteiger partial charge is 0.272 e. The first kappa shape index (κ1) is 16.1. The van der Waals surface area contributed by atoms with Gasteiger partial charge in [0.1, 0.15) is 5.69 Å². The van der Waals surface area contributed by atoms with Crippen LogP contribution < -0.4 is 10.0 Å². The monoisotopic (exact) mass is 321 g/mol. The Hall–Kier alpha value is -2.30. The molecule has 0 unspecified atom stereocenters. The van der Waals surface area contributed by atoms with E-state index in [9.17, 15) is 13.6 Å². The molecular weight excluding hydrogens is 308 g/mol. The van der Waals surface area contributed by atoms with Crippen LogP contribution >= 0.6 is 11.9 Å². The van der Waals surface area contributed by atoms with E-state index in [2.05, 4.69) is 16.0 Å². The van der Waals surface area contributed by atoms with Gasteiger partial charge in [0.2, 0.25) is 0 Å². The van der Waals surface area contributed by atoms with Gasteiger partial charge in [0.05, 0.1) is 6.54 Å². The molecule has 0 atom stereocenters. The topological polar surface area (TPSA) is 46.1 Å². The third-order valence-corrected chi connectivity index (χ3v) is 3.50. The summed E-state index contributed by atoms with van der Waals surface area (Å²) in [5, 5.41) is 2.52. The van der Waals surface area contributed by atoms with Gasteiger partial charge in [-0.25, -0.2) is 13.5 Å². The maximum atomic E-state index is 13.1. The molecule has 0 bridgehead atoms. The third-order valence-electron chi connectivity index (χ3n) is 2.75. The molecule has 1 heterocycles. The number of nitrogens with zero attached hydrogens (tertiary/aromatic N) is 1. The highest BCUT2D eigenvalue weighted by Crippen LogP contribution is 2.19. The molecule has 0 spiro atoms. The maximum Gasteiger partial charge on any atom is 0.272 e. The van der Waals surface area contributed by atoms with Crippen molar-refractivity contribution in [2.24, 2.45) is 7.05 Å². The minimum absolute atomic E-state index is 0.185. The summed E-state index contributed by atoms with van der Waals surface area (Å²) in [5.74, 6) is 0.0440. The van der Waals surface area contributed by atoms with E-state index < -0.39 is 17.5 Å². The van der Waals surface area contributed by atoms with Crippen LogP contribution in [0, 0.1) is 24.0 Å². The number of hydrogen-bond acceptors (Lipinski definition) is 3. The lowest BCUT2D eigenvalue weighted by atomic mass is 10.3. The quantitative estimate of drug-likeness (QED) is 0.506. The lowest BCUT2D eigenvalue weighted by Gasteiger charge is -2.06. The Balaban J connectivity index is 2.09. The molecule has 2 N–H and O–H groups in total. The number of anilines is 1. The van der Waals surface area contributed by atoms with E-state index in [1.54, 1.807) is 23.9 Å². The van der Waals surface area contributed by atoms with Crippen LogP contribution in [0.2, 0.25) is 0 Å². The van der Waals surface area contributed by atoms with Gasteiger partial charge in [-0.15, -0.1) is 6.42 Å². The van der Waals surface area contributed by atoms with Crippen molar-refractivity contribution in [1.82, 2.24) is 9.29 Å². The Morgan fingerprint density at radius 3 is 2.82 bits per heavy atom. The Labute approximate surface area is 131 Å². The van der Waals surface area contributed by atoms with Crippen LogP contribution in [-0.4, -0.2) is 17.0 Å². The molecule has 2 aromatic rings. The van der Waals surface area contributed by atoms with Gasteiger partial charge < -0.3 is 9.88 Å². The number of hydrogen-bond donors (Lipinski definition) is 2. The SMILES string of the molecule is C#CCNSc1cc(C(=O)Nc2ccc(F)c(F)c2)n(C)c1. The molecule has 1 amide bonds. The zero-order valence-electron chi connectivity index (χ0n) is 11.7. The average Bonchev–Trinajstić information content (AvgIpc) is 2.84. The van der Waals surface area contributed by atoms with Gasteiger partial charge in [0.25, 0.3) is 5.91 Å². The molecule has 0 saturated heterocycles. The zero-order chi connectivity index (χ0) is 16.1. The van der Waals surface area contributed by atoms with Crippen molar-refractivity contribution in [3.8, 4) is 12.3 Å². The zero-order valence-corrected chi connectivity index (χ0v) is 12.5. The minimum Gasteiger partial charge on any atom is -0.345 e. The molecule has 7 heteroatoms. The lowest BCUT2D eigenvalue weighted by Crippen LogP contribution is -2.15. The van der Waals surface area contributed by atoms with Gasteiger partial charge in [0.15, 0.2) is 11.6 Å². The number of aryl methyl sites for hydroxylation is 1. The number of nitrogens with one attached hydrogen (secondary N) is 2. The lowest BCUT2D eigenvalue weighted by molar-refractivity contribution is 0.101. The number of rotatable bonds is 5. The normalized spacial score (nSPS) is 10.3. The molecule has 114 valence electrons. The summed E-state index contributed by atoms with van der Waals surface area (Å²) >= 11 is 1.31. The number of halogens is 2. The summed E-state index contributed by atoms with van der Waals surface area (Å²) in [6.45, 7) is 0.399. The van der Waals surface area contributed by atoms with Crippen molar-refractivity contribution in [1.29, 1.82) is 0 Å². The Morgan fingerprint density at radius 1 is 1.36 bits per heavy atom. The van der Waals surface area contributed by atoms with Crippen molar-refractivity contribution in [3.63, 3.8) is 0 Å². The predicted molar refractivity (Wildman–Crippen MR) is 82.4 cm³/mol. The van der Waals surface area contributed by atoms with E-state index in [1.807, 2.05) is 0 Å². The minimum atomic E-state index is -1.01. The number of terminal acetylenes is 1. The van der Waals surface area contributed by atoms with Crippen LogP contribution in [0.25, 0.3) is 0 Å². The highest BCUT2D eigenvalue weighted by atomic mass is 32.2. The van der Waals surface area contributed by atoms with Crippen LogP contribution in [0.3, 0.4) is 0 Å². The molecule has 22 heavy (non-hydrogen) atoms. The van der Waals surface area contributed by atoms with Crippen LogP contribution in [0.5, 0.6) is 0 Å². The van der Waals surface area contributed by atoms with Crippen LogP contribution in [0.1, 0.15) is 10.5 Å². The van der Waals surface area contributed by atoms with Gasteiger partial charge in [-0.3, -0.25) is 4.79 Å². The van der Waals surface area contributed by atoms with E-state index in [0.717, 1.165) is 17.0 Å². The first-order valence-corrected chi connectivity index (χ1v) is 7.09. The second kappa shape index (κ2) is 7.11. The summed E-state index contributed by atoms with van der Waals surface area (Å²) in [7, 11) is 1.71. The molecule has 0 radical (unpaired) electrons. The van der Waals surface area contributed by atoms with Crippen molar-refractivity contribution in [2.45, 2.75) is 4.90 Å².